The van der Waals surface area contributed by atoms with E-state index in [4.69, 9.17) is 21.1 Å². The first-order chi connectivity index (χ1) is 13.5. The van der Waals surface area contributed by atoms with Gasteiger partial charge in [0.25, 0.3) is 0 Å². The molecule has 28 heavy (non-hydrogen) atoms. The fraction of sp³-hybridized carbons (Fsp3) is 0.238. The van der Waals surface area contributed by atoms with Crippen molar-refractivity contribution in [3.05, 3.63) is 58.4 Å². The second kappa shape index (κ2) is 9.57. The molecule has 3 rings (SSSR count). The first kappa shape index (κ1) is 20.2. The number of ether oxygens (including phenoxy) is 2. The van der Waals surface area contributed by atoms with E-state index in [-0.39, 0.29) is 5.91 Å². The van der Waals surface area contributed by atoms with Gasteiger partial charge in [-0.3, -0.25) is 4.79 Å². The summed E-state index contributed by atoms with van der Waals surface area (Å²) >= 11 is 7.40. The van der Waals surface area contributed by atoms with Crippen LogP contribution in [0.3, 0.4) is 0 Å². The molecule has 3 aromatic rings. The first-order valence-electron chi connectivity index (χ1n) is 8.84. The van der Waals surface area contributed by atoms with Gasteiger partial charge in [0, 0.05) is 22.4 Å². The molecule has 1 heterocycles. The molecule has 146 valence electrons. The second-order valence-electron chi connectivity index (χ2n) is 6.18. The Morgan fingerprint density at radius 2 is 1.93 bits per heavy atom. The molecule has 2 aromatic carbocycles. The summed E-state index contributed by atoms with van der Waals surface area (Å²) in [7, 11) is 1.63. The van der Waals surface area contributed by atoms with Crippen LogP contribution in [0.15, 0.2) is 47.8 Å². The number of thiazole rings is 1. The van der Waals surface area contributed by atoms with E-state index < -0.39 is 0 Å². The minimum absolute atomic E-state index is 0.0773. The van der Waals surface area contributed by atoms with Crippen LogP contribution in [0.2, 0.25) is 5.02 Å². The van der Waals surface area contributed by atoms with Crippen molar-refractivity contribution in [2.45, 2.75) is 19.8 Å². The molecule has 0 radical (unpaired) electrons. The third-order valence-corrected chi connectivity index (χ3v) is 5.26. The number of nitrogens with one attached hydrogen (secondary N) is 1. The summed E-state index contributed by atoms with van der Waals surface area (Å²) in [6.07, 6.45) is 0.980. The molecule has 1 aromatic heterocycles. The van der Waals surface area contributed by atoms with E-state index in [0.717, 1.165) is 28.3 Å². The molecule has 0 atom stereocenters. The van der Waals surface area contributed by atoms with Crippen molar-refractivity contribution in [2.24, 2.45) is 0 Å². The zero-order chi connectivity index (χ0) is 19.9. The van der Waals surface area contributed by atoms with Crippen molar-refractivity contribution in [3.63, 3.8) is 0 Å². The lowest BCUT2D eigenvalue weighted by molar-refractivity contribution is -0.116. The number of halogens is 1. The van der Waals surface area contributed by atoms with Gasteiger partial charge in [0.15, 0.2) is 5.13 Å². The predicted molar refractivity (Wildman–Crippen MR) is 114 cm³/mol. The van der Waals surface area contributed by atoms with Gasteiger partial charge in [-0.2, -0.15) is 0 Å². The van der Waals surface area contributed by atoms with Crippen molar-refractivity contribution in [1.82, 2.24) is 4.98 Å². The van der Waals surface area contributed by atoms with Gasteiger partial charge in [-0.15, -0.1) is 11.3 Å². The Bertz CT molecular complexity index is 941. The SMILES string of the molecule is COc1ccc(-c2csc(NC(=O)CCCOc3ccc(Cl)c(C)c3)n2)cc1. The number of amides is 1. The Balaban J connectivity index is 1.44. The lowest BCUT2D eigenvalue weighted by Gasteiger charge is -2.07. The van der Waals surface area contributed by atoms with Crippen molar-refractivity contribution in [2.75, 3.05) is 19.0 Å². The van der Waals surface area contributed by atoms with Crippen LogP contribution in [0.4, 0.5) is 5.13 Å². The van der Waals surface area contributed by atoms with Crippen molar-refractivity contribution >= 4 is 34.0 Å². The highest BCUT2D eigenvalue weighted by atomic mass is 35.5. The monoisotopic (exact) mass is 416 g/mol. The molecule has 7 heteroatoms. The fourth-order valence-electron chi connectivity index (χ4n) is 2.54. The van der Waals surface area contributed by atoms with E-state index in [1.165, 1.54) is 11.3 Å². The quantitative estimate of drug-likeness (QED) is 0.487. The lowest BCUT2D eigenvalue weighted by atomic mass is 10.2. The van der Waals surface area contributed by atoms with E-state index in [2.05, 4.69) is 10.3 Å². The standard InChI is InChI=1S/C21H21ClN2O3S/c1-14-12-17(9-10-18(14)22)27-11-3-4-20(25)24-21-23-19(13-28-21)15-5-7-16(26-2)8-6-15/h5-10,12-13H,3-4,11H2,1-2H3,(H,23,24,25). The largest absolute Gasteiger partial charge is 0.497 e. The molecule has 0 saturated carbocycles. The smallest absolute Gasteiger partial charge is 0.226 e. The normalized spacial score (nSPS) is 10.5. The number of rotatable bonds is 8. The highest BCUT2D eigenvalue weighted by molar-refractivity contribution is 7.14. The number of aryl methyl sites for hydroxylation is 1. The average Bonchev–Trinajstić information content (AvgIpc) is 3.16. The van der Waals surface area contributed by atoms with E-state index in [0.29, 0.717) is 29.6 Å². The van der Waals surface area contributed by atoms with E-state index in [9.17, 15) is 4.79 Å². The minimum Gasteiger partial charge on any atom is -0.497 e. The Morgan fingerprint density at radius 1 is 1.18 bits per heavy atom. The molecule has 0 bridgehead atoms. The Hall–Kier alpha value is -2.57. The number of carbonyl (C=O) groups excluding carboxylic acids is 1. The number of benzene rings is 2. The van der Waals surface area contributed by atoms with Crippen molar-refractivity contribution in [3.8, 4) is 22.8 Å². The highest BCUT2D eigenvalue weighted by Gasteiger charge is 2.08. The maximum atomic E-state index is 12.1. The van der Waals surface area contributed by atoms with Crippen LogP contribution in [-0.4, -0.2) is 24.6 Å². The molecule has 0 aliphatic carbocycles. The van der Waals surface area contributed by atoms with Crippen LogP contribution < -0.4 is 14.8 Å². The van der Waals surface area contributed by atoms with Gasteiger partial charge >= 0.3 is 0 Å². The summed E-state index contributed by atoms with van der Waals surface area (Å²) in [5.74, 6) is 1.47. The van der Waals surface area contributed by atoms with Crippen LogP contribution in [0.25, 0.3) is 11.3 Å². The van der Waals surface area contributed by atoms with Gasteiger partial charge < -0.3 is 14.8 Å². The average molecular weight is 417 g/mol. The molecule has 0 spiro atoms. The van der Waals surface area contributed by atoms with E-state index in [1.54, 1.807) is 7.11 Å². The number of hydrogen-bond acceptors (Lipinski definition) is 5. The molecule has 0 unspecified atom stereocenters. The third-order valence-electron chi connectivity index (χ3n) is 4.08. The summed E-state index contributed by atoms with van der Waals surface area (Å²) in [6, 6.07) is 13.2. The molecular formula is C21H21ClN2O3S. The van der Waals surface area contributed by atoms with Gasteiger partial charge in [-0.25, -0.2) is 4.98 Å². The van der Waals surface area contributed by atoms with Gasteiger partial charge in [-0.1, -0.05) is 11.6 Å². The molecule has 0 fully saturated rings. The number of hydrogen-bond donors (Lipinski definition) is 1. The fourth-order valence-corrected chi connectivity index (χ4v) is 3.39. The molecule has 0 aliphatic heterocycles. The predicted octanol–water partition coefficient (Wildman–Crippen LogP) is 5.58. The Labute approximate surface area is 173 Å². The summed E-state index contributed by atoms with van der Waals surface area (Å²) in [5, 5.41) is 6.06. The molecule has 0 saturated heterocycles. The maximum Gasteiger partial charge on any atom is 0.226 e. The number of nitrogens with zero attached hydrogens (tertiary/aromatic N) is 1. The zero-order valence-corrected chi connectivity index (χ0v) is 17.3. The van der Waals surface area contributed by atoms with Gasteiger partial charge in [0.2, 0.25) is 5.91 Å². The maximum absolute atomic E-state index is 12.1. The topological polar surface area (TPSA) is 60.5 Å². The van der Waals surface area contributed by atoms with Crippen molar-refractivity contribution in [1.29, 1.82) is 0 Å². The minimum atomic E-state index is -0.0773. The summed E-state index contributed by atoms with van der Waals surface area (Å²) in [4.78, 5) is 16.6. The number of aromatic nitrogens is 1. The highest BCUT2D eigenvalue weighted by Crippen LogP contribution is 2.26. The molecular weight excluding hydrogens is 396 g/mol. The number of methoxy groups -OCH3 is 1. The van der Waals surface area contributed by atoms with Gasteiger partial charge in [0.1, 0.15) is 11.5 Å². The van der Waals surface area contributed by atoms with Crippen LogP contribution in [0, 0.1) is 6.92 Å². The first-order valence-corrected chi connectivity index (χ1v) is 10.1. The summed E-state index contributed by atoms with van der Waals surface area (Å²) in [6.45, 7) is 2.39. The van der Waals surface area contributed by atoms with Crippen LogP contribution >= 0.6 is 22.9 Å². The van der Waals surface area contributed by atoms with Crippen LogP contribution in [0.5, 0.6) is 11.5 Å². The van der Waals surface area contributed by atoms with Gasteiger partial charge in [0.05, 0.1) is 19.4 Å². The lowest BCUT2D eigenvalue weighted by Crippen LogP contribution is -2.12. The molecule has 5 nitrogen and oxygen atoms in total. The summed E-state index contributed by atoms with van der Waals surface area (Å²) in [5.41, 5.74) is 2.77. The Kier molecular flexibility index (Phi) is 6.90. The summed E-state index contributed by atoms with van der Waals surface area (Å²) < 4.78 is 10.8. The van der Waals surface area contributed by atoms with Gasteiger partial charge in [-0.05, 0) is 61.4 Å². The van der Waals surface area contributed by atoms with Crippen molar-refractivity contribution < 1.29 is 14.3 Å². The number of anilines is 1. The molecule has 1 N–H and O–H groups in total. The third kappa shape index (κ3) is 5.47. The number of carbonyl (C=O) groups is 1. The Morgan fingerprint density at radius 3 is 2.64 bits per heavy atom. The van der Waals surface area contributed by atoms with Crippen LogP contribution in [-0.2, 0) is 4.79 Å². The van der Waals surface area contributed by atoms with E-state index in [1.807, 2.05) is 54.8 Å². The molecule has 1 amide bonds. The van der Waals surface area contributed by atoms with E-state index >= 15 is 0 Å². The van der Waals surface area contributed by atoms with Crippen LogP contribution in [0.1, 0.15) is 18.4 Å². The second-order valence-corrected chi connectivity index (χ2v) is 7.44. The zero-order valence-electron chi connectivity index (χ0n) is 15.7. The molecule has 0 aliphatic rings.